The monoisotopic (exact) mass is 430 g/mol. The Balaban J connectivity index is 1.35. The second-order valence-electron chi connectivity index (χ2n) is 8.83. The average Bonchev–Trinajstić information content (AvgIpc) is 2.71. The highest BCUT2D eigenvalue weighted by atomic mass is 35.5. The van der Waals surface area contributed by atoms with E-state index in [0.717, 1.165) is 31.2 Å². The average molecular weight is 431 g/mol. The van der Waals surface area contributed by atoms with Crippen LogP contribution in [0.15, 0.2) is 30.0 Å². The van der Waals surface area contributed by atoms with Crippen molar-refractivity contribution in [1.29, 1.82) is 0 Å². The van der Waals surface area contributed by atoms with Crippen LogP contribution in [0.4, 0.5) is 0 Å². The summed E-state index contributed by atoms with van der Waals surface area (Å²) in [5, 5.41) is 6.93. The van der Waals surface area contributed by atoms with Crippen LogP contribution in [0.2, 0.25) is 5.02 Å². The smallest absolute Gasteiger partial charge is 0.286 e. The molecule has 6 heteroatoms. The van der Waals surface area contributed by atoms with E-state index >= 15 is 0 Å². The third-order valence-corrected chi connectivity index (χ3v) is 6.96. The van der Waals surface area contributed by atoms with Crippen LogP contribution >= 0.6 is 11.6 Å². The number of hydrogen-bond acceptors (Lipinski definition) is 3. The van der Waals surface area contributed by atoms with Crippen molar-refractivity contribution >= 4 is 29.5 Å². The van der Waals surface area contributed by atoms with Crippen molar-refractivity contribution in [2.24, 2.45) is 5.92 Å². The maximum Gasteiger partial charge on any atom is 0.286 e. The van der Waals surface area contributed by atoms with E-state index in [9.17, 15) is 9.59 Å². The molecule has 3 aliphatic rings. The Kier molecular flexibility index (Phi) is 6.98. The van der Waals surface area contributed by atoms with Gasteiger partial charge in [0.1, 0.15) is 6.10 Å². The van der Waals surface area contributed by atoms with Gasteiger partial charge in [-0.1, -0.05) is 61.9 Å². The molecule has 0 bridgehead atoms. The summed E-state index contributed by atoms with van der Waals surface area (Å²) in [6.07, 6.45) is 12.2. The minimum absolute atomic E-state index is 0.0605. The zero-order chi connectivity index (χ0) is 20.9. The molecule has 1 aliphatic heterocycles. The third-order valence-electron chi connectivity index (χ3n) is 6.62. The highest BCUT2D eigenvalue weighted by Crippen LogP contribution is 2.32. The molecule has 1 heterocycles. The van der Waals surface area contributed by atoms with Crippen LogP contribution in [0, 0.1) is 5.92 Å². The zero-order valence-electron chi connectivity index (χ0n) is 17.4. The van der Waals surface area contributed by atoms with Gasteiger partial charge in [0.15, 0.2) is 5.76 Å². The van der Waals surface area contributed by atoms with Crippen LogP contribution < -0.4 is 10.6 Å². The quantitative estimate of drug-likeness (QED) is 0.689. The largest absolute Gasteiger partial charge is 0.483 e. The molecule has 162 valence electrons. The fraction of sp³-hybridized carbons (Fsp3) is 0.583. The fourth-order valence-electron chi connectivity index (χ4n) is 4.88. The standard InChI is InChI=1S/C24H31ClN2O3/c25-19-11-7-6-8-16(19)15-22-24(29)27-20-14-17(12-13-21(20)30-22)23(28)26-18-9-4-2-1-3-5-10-18/h6-8,11,15,17-18,20-21H,1-5,9-10,12-14H2,(H,26,28)(H,27,29)/b22-15+. The minimum atomic E-state index is -0.239. The van der Waals surface area contributed by atoms with E-state index in [1.165, 1.54) is 32.1 Å². The highest BCUT2D eigenvalue weighted by Gasteiger charge is 2.40. The van der Waals surface area contributed by atoms with Crippen molar-refractivity contribution in [2.45, 2.75) is 82.4 Å². The molecule has 4 rings (SSSR count). The van der Waals surface area contributed by atoms with Crippen molar-refractivity contribution in [3.05, 3.63) is 40.6 Å². The SMILES string of the molecule is O=C1NC2CC(C(=O)NC3CCCCCCC3)CCC2O/C1=C/c1ccccc1Cl. The van der Waals surface area contributed by atoms with Gasteiger partial charge in [0.2, 0.25) is 5.91 Å². The summed E-state index contributed by atoms with van der Waals surface area (Å²) in [5.74, 6) is 0.138. The number of amides is 2. The van der Waals surface area contributed by atoms with E-state index in [1.54, 1.807) is 12.1 Å². The molecule has 2 saturated carbocycles. The molecule has 3 unspecified atom stereocenters. The molecule has 0 spiro atoms. The number of rotatable bonds is 3. The summed E-state index contributed by atoms with van der Waals surface area (Å²) in [6, 6.07) is 7.55. The van der Waals surface area contributed by atoms with Gasteiger partial charge in [0.05, 0.1) is 6.04 Å². The predicted octanol–water partition coefficient (Wildman–Crippen LogP) is 4.59. The van der Waals surface area contributed by atoms with E-state index in [-0.39, 0.29) is 29.9 Å². The van der Waals surface area contributed by atoms with Crippen LogP contribution in [-0.4, -0.2) is 30.0 Å². The second-order valence-corrected chi connectivity index (χ2v) is 9.23. The van der Waals surface area contributed by atoms with Gasteiger partial charge in [-0.15, -0.1) is 0 Å². The first kappa shape index (κ1) is 21.2. The number of carbonyl (C=O) groups is 2. The van der Waals surface area contributed by atoms with Crippen molar-refractivity contribution in [3.63, 3.8) is 0 Å². The predicted molar refractivity (Wildman–Crippen MR) is 118 cm³/mol. The van der Waals surface area contributed by atoms with Gasteiger partial charge >= 0.3 is 0 Å². The summed E-state index contributed by atoms with van der Waals surface area (Å²) >= 11 is 6.21. The van der Waals surface area contributed by atoms with Crippen molar-refractivity contribution < 1.29 is 14.3 Å². The van der Waals surface area contributed by atoms with E-state index in [2.05, 4.69) is 10.6 Å². The third kappa shape index (κ3) is 5.18. The Morgan fingerprint density at radius 1 is 1.07 bits per heavy atom. The fourth-order valence-corrected chi connectivity index (χ4v) is 5.07. The molecule has 3 fully saturated rings. The van der Waals surface area contributed by atoms with Gasteiger partial charge < -0.3 is 15.4 Å². The summed E-state index contributed by atoms with van der Waals surface area (Å²) in [6.45, 7) is 0. The lowest BCUT2D eigenvalue weighted by Gasteiger charge is -2.40. The Morgan fingerprint density at radius 3 is 2.57 bits per heavy atom. The summed E-state index contributed by atoms with van der Waals surface area (Å²) in [5.41, 5.74) is 0.759. The number of fused-ring (bicyclic) bond motifs is 1. The molecule has 3 atom stereocenters. The molecule has 0 aromatic heterocycles. The first-order chi connectivity index (χ1) is 14.6. The summed E-state index contributed by atoms with van der Waals surface area (Å²) in [4.78, 5) is 25.5. The normalized spacial score (nSPS) is 29.2. The minimum Gasteiger partial charge on any atom is -0.483 e. The maximum atomic E-state index is 12.9. The number of ether oxygens (including phenoxy) is 1. The molecule has 1 aromatic carbocycles. The first-order valence-corrected chi connectivity index (χ1v) is 11.7. The van der Waals surface area contributed by atoms with Gasteiger partial charge in [0, 0.05) is 17.0 Å². The summed E-state index contributed by atoms with van der Waals surface area (Å²) in [7, 11) is 0. The lowest BCUT2D eigenvalue weighted by molar-refractivity contribution is -0.135. The molecule has 2 N–H and O–H groups in total. The lowest BCUT2D eigenvalue weighted by atomic mass is 9.82. The van der Waals surface area contributed by atoms with Crippen LogP contribution in [0.3, 0.4) is 0 Å². The molecule has 1 aromatic rings. The van der Waals surface area contributed by atoms with E-state index in [4.69, 9.17) is 16.3 Å². The summed E-state index contributed by atoms with van der Waals surface area (Å²) < 4.78 is 6.03. The van der Waals surface area contributed by atoms with E-state index in [1.807, 2.05) is 18.2 Å². The van der Waals surface area contributed by atoms with E-state index < -0.39 is 0 Å². The lowest BCUT2D eigenvalue weighted by Crippen LogP contribution is -2.55. The van der Waals surface area contributed by atoms with Gasteiger partial charge in [-0.05, 0) is 49.8 Å². The number of nitrogens with one attached hydrogen (secondary N) is 2. The molecule has 30 heavy (non-hydrogen) atoms. The first-order valence-electron chi connectivity index (χ1n) is 11.3. The van der Waals surface area contributed by atoms with Gasteiger partial charge in [-0.25, -0.2) is 0 Å². The number of morpholine rings is 1. The molecule has 2 aliphatic carbocycles. The van der Waals surface area contributed by atoms with Crippen LogP contribution in [0.1, 0.15) is 69.8 Å². The van der Waals surface area contributed by atoms with Crippen LogP contribution in [0.5, 0.6) is 0 Å². The molecule has 0 radical (unpaired) electrons. The second kappa shape index (κ2) is 9.86. The number of benzene rings is 1. The molecular weight excluding hydrogens is 400 g/mol. The highest BCUT2D eigenvalue weighted by molar-refractivity contribution is 6.32. The van der Waals surface area contributed by atoms with Gasteiger partial charge in [-0.2, -0.15) is 0 Å². The molecular formula is C24H31ClN2O3. The Bertz CT molecular complexity index is 801. The topological polar surface area (TPSA) is 67.4 Å². The number of carbonyl (C=O) groups excluding carboxylic acids is 2. The van der Waals surface area contributed by atoms with Crippen molar-refractivity contribution in [2.75, 3.05) is 0 Å². The maximum absolute atomic E-state index is 12.9. The Morgan fingerprint density at radius 2 is 1.80 bits per heavy atom. The zero-order valence-corrected chi connectivity index (χ0v) is 18.1. The van der Waals surface area contributed by atoms with Crippen molar-refractivity contribution in [1.82, 2.24) is 10.6 Å². The van der Waals surface area contributed by atoms with Gasteiger partial charge in [-0.3, -0.25) is 9.59 Å². The number of halogens is 1. The molecule has 1 saturated heterocycles. The van der Waals surface area contributed by atoms with E-state index in [0.29, 0.717) is 23.2 Å². The van der Waals surface area contributed by atoms with Crippen molar-refractivity contribution in [3.8, 4) is 0 Å². The van der Waals surface area contributed by atoms with Crippen LogP contribution in [-0.2, 0) is 14.3 Å². The molecule has 2 amide bonds. The molecule has 5 nitrogen and oxygen atoms in total. The number of hydrogen-bond donors (Lipinski definition) is 2. The Hall–Kier alpha value is -2.01. The van der Waals surface area contributed by atoms with Crippen LogP contribution in [0.25, 0.3) is 6.08 Å². The Labute approximate surface area is 183 Å². The van der Waals surface area contributed by atoms with Gasteiger partial charge in [0.25, 0.3) is 5.91 Å².